The van der Waals surface area contributed by atoms with Crippen LogP contribution in [0.5, 0.6) is 0 Å². The van der Waals surface area contributed by atoms with E-state index in [-0.39, 0.29) is 5.76 Å². The first-order chi connectivity index (χ1) is 9.47. The van der Waals surface area contributed by atoms with Gasteiger partial charge in [0.1, 0.15) is 5.76 Å². The summed E-state index contributed by atoms with van der Waals surface area (Å²) < 4.78 is 4.80. The minimum Gasteiger partial charge on any atom is -0.430 e. The summed E-state index contributed by atoms with van der Waals surface area (Å²) in [5, 5.41) is 0. The van der Waals surface area contributed by atoms with Crippen LogP contribution in [-0.4, -0.2) is 17.5 Å². The van der Waals surface area contributed by atoms with Gasteiger partial charge in [0.05, 0.1) is 0 Å². The first-order valence-electron chi connectivity index (χ1n) is 6.20. The van der Waals surface area contributed by atoms with Crippen molar-refractivity contribution in [2.45, 2.75) is 13.8 Å². The van der Waals surface area contributed by atoms with Gasteiger partial charge in [-0.25, -0.2) is 0 Å². The Morgan fingerprint density at radius 3 is 2.40 bits per heavy atom. The zero-order chi connectivity index (χ0) is 14.7. The highest BCUT2D eigenvalue weighted by Crippen LogP contribution is 2.16. The molecule has 0 fully saturated rings. The number of esters is 1. The molecule has 1 aliphatic rings. The van der Waals surface area contributed by atoms with Crippen molar-refractivity contribution in [3.05, 3.63) is 53.3 Å². The Balaban J connectivity index is 2.14. The number of ketones is 2. The number of hydrogen-bond donors (Lipinski definition) is 0. The van der Waals surface area contributed by atoms with Crippen molar-refractivity contribution in [3.63, 3.8) is 0 Å². The quantitative estimate of drug-likeness (QED) is 0.480. The minimum atomic E-state index is -1.37. The lowest BCUT2D eigenvalue weighted by Crippen LogP contribution is -2.34. The highest BCUT2D eigenvalue weighted by molar-refractivity contribution is 6.25. The van der Waals surface area contributed by atoms with Crippen LogP contribution in [-0.2, 0) is 19.1 Å². The van der Waals surface area contributed by atoms with E-state index in [1.165, 1.54) is 19.1 Å². The highest BCUT2D eigenvalue weighted by Gasteiger charge is 2.36. The van der Waals surface area contributed by atoms with Crippen molar-refractivity contribution in [2.24, 2.45) is 5.92 Å². The third kappa shape index (κ3) is 3.09. The topological polar surface area (TPSA) is 60.4 Å². The van der Waals surface area contributed by atoms with E-state index in [1.54, 1.807) is 6.08 Å². The monoisotopic (exact) mass is 270 g/mol. The second-order valence-corrected chi connectivity index (χ2v) is 4.66. The van der Waals surface area contributed by atoms with Crippen molar-refractivity contribution < 1.29 is 19.1 Å². The fraction of sp³-hybridized carbons (Fsp3) is 0.188. The first kappa shape index (κ1) is 13.9. The fourth-order valence-corrected chi connectivity index (χ4v) is 1.86. The predicted octanol–water partition coefficient (Wildman–Crippen LogP) is 2.22. The average Bonchev–Trinajstić information content (AvgIpc) is 2.37. The third-order valence-corrected chi connectivity index (χ3v) is 2.93. The Kier molecular flexibility index (Phi) is 3.94. The SMILES string of the molecule is CC1=CC(=O)[C@@H](C(=O)/C=C/c2ccc(C)cc2)C(=O)O1. The summed E-state index contributed by atoms with van der Waals surface area (Å²) in [5.41, 5.74) is 1.94. The van der Waals surface area contributed by atoms with Crippen molar-refractivity contribution in [1.29, 1.82) is 0 Å². The van der Waals surface area contributed by atoms with Gasteiger partial charge in [-0.1, -0.05) is 35.9 Å². The molecule has 4 nitrogen and oxygen atoms in total. The molecule has 102 valence electrons. The Morgan fingerprint density at radius 1 is 1.15 bits per heavy atom. The van der Waals surface area contributed by atoms with Crippen LogP contribution in [0.3, 0.4) is 0 Å². The molecule has 1 atom stereocenters. The molecule has 2 rings (SSSR count). The minimum absolute atomic E-state index is 0.214. The van der Waals surface area contributed by atoms with E-state index in [1.807, 2.05) is 31.2 Å². The number of cyclic esters (lactones) is 1. The summed E-state index contributed by atoms with van der Waals surface area (Å²) in [7, 11) is 0. The summed E-state index contributed by atoms with van der Waals surface area (Å²) in [6.45, 7) is 3.46. The van der Waals surface area contributed by atoms with E-state index in [0.29, 0.717) is 0 Å². The van der Waals surface area contributed by atoms with Gasteiger partial charge in [0.25, 0.3) is 0 Å². The van der Waals surface area contributed by atoms with E-state index in [9.17, 15) is 14.4 Å². The number of benzene rings is 1. The van der Waals surface area contributed by atoms with Gasteiger partial charge in [-0.2, -0.15) is 0 Å². The molecule has 0 saturated heterocycles. The summed E-state index contributed by atoms with van der Waals surface area (Å²) in [5.74, 6) is -3.07. The van der Waals surface area contributed by atoms with E-state index >= 15 is 0 Å². The van der Waals surface area contributed by atoms with Crippen LogP contribution < -0.4 is 0 Å². The molecular weight excluding hydrogens is 256 g/mol. The molecule has 0 saturated carbocycles. The second-order valence-electron chi connectivity index (χ2n) is 4.66. The van der Waals surface area contributed by atoms with Crippen LogP contribution in [0.25, 0.3) is 6.08 Å². The lowest BCUT2D eigenvalue weighted by atomic mass is 9.96. The van der Waals surface area contributed by atoms with Crippen molar-refractivity contribution >= 4 is 23.6 Å². The largest absolute Gasteiger partial charge is 0.430 e. The zero-order valence-corrected chi connectivity index (χ0v) is 11.3. The predicted molar refractivity (Wildman–Crippen MR) is 73.6 cm³/mol. The van der Waals surface area contributed by atoms with Crippen LogP contribution in [0.4, 0.5) is 0 Å². The Hall–Kier alpha value is -2.49. The van der Waals surface area contributed by atoms with Gasteiger partial charge in [-0.3, -0.25) is 14.4 Å². The van der Waals surface area contributed by atoms with Gasteiger partial charge in [-0.15, -0.1) is 0 Å². The highest BCUT2D eigenvalue weighted by atomic mass is 16.5. The van der Waals surface area contributed by atoms with Gasteiger partial charge in [0.15, 0.2) is 17.5 Å². The number of carbonyl (C=O) groups excluding carboxylic acids is 3. The van der Waals surface area contributed by atoms with Gasteiger partial charge in [-0.05, 0) is 25.5 Å². The number of carbonyl (C=O) groups is 3. The van der Waals surface area contributed by atoms with Crippen LogP contribution >= 0.6 is 0 Å². The molecule has 0 aromatic heterocycles. The first-order valence-corrected chi connectivity index (χ1v) is 6.20. The lowest BCUT2D eigenvalue weighted by molar-refractivity contribution is -0.151. The maximum absolute atomic E-state index is 11.9. The Labute approximate surface area is 116 Å². The number of ether oxygens (including phenoxy) is 1. The molecule has 1 aromatic carbocycles. The van der Waals surface area contributed by atoms with Gasteiger partial charge in [0, 0.05) is 6.08 Å². The molecule has 0 radical (unpaired) electrons. The summed E-state index contributed by atoms with van der Waals surface area (Å²) in [6.07, 6.45) is 3.99. The fourth-order valence-electron chi connectivity index (χ4n) is 1.86. The van der Waals surface area contributed by atoms with E-state index in [0.717, 1.165) is 11.1 Å². The lowest BCUT2D eigenvalue weighted by Gasteiger charge is -2.15. The molecule has 0 aliphatic carbocycles. The number of rotatable bonds is 3. The summed E-state index contributed by atoms with van der Waals surface area (Å²) in [4.78, 5) is 35.2. The molecule has 0 spiro atoms. The molecule has 4 heteroatoms. The maximum Gasteiger partial charge on any atom is 0.329 e. The molecule has 1 aromatic rings. The van der Waals surface area contributed by atoms with Crippen molar-refractivity contribution in [3.8, 4) is 0 Å². The number of aryl methyl sites for hydroxylation is 1. The van der Waals surface area contributed by atoms with Crippen LogP contribution in [0.1, 0.15) is 18.1 Å². The van der Waals surface area contributed by atoms with Gasteiger partial charge < -0.3 is 4.74 Å². The number of allylic oxidation sites excluding steroid dienone is 3. The molecule has 1 aliphatic heterocycles. The van der Waals surface area contributed by atoms with E-state index in [4.69, 9.17) is 4.74 Å². The van der Waals surface area contributed by atoms with E-state index in [2.05, 4.69) is 0 Å². The van der Waals surface area contributed by atoms with Crippen molar-refractivity contribution in [2.75, 3.05) is 0 Å². The van der Waals surface area contributed by atoms with Gasteiger partial charge >= 0.3 is 5.97 Å². The average molecular weight is 270 g/mol. The molecule has 0 bridgehead atoms. The van der Waals surface area contributed by atoms with Crippen LogP contribution in [0.2, 0.25) is 0 Å². The Morgan fingerprint density at radius 2 is 1.80 bits per heavy atom. The molecular formula is C16H14O4. The van der Waals surface area contributed by atoms with E-state index < -0.39 is 23.5 Å². The zero-order valence-electron chi connectivity index (χ0n) is 11.3. The molecule has 20 heavy (non-hydrogen) atoms. The second kappa shape index (κ2) is 5.65. The molecule has 0 N–H and O–H groups in total. The smallest absolute Gasteiger partial charge is 0.329 e. The third-order valence-electron chi connectivity index (χ3n) is 2.93. The van der Waals surface area contributed by atoms with Gasteiger partial charge in [0.2, 0.25) is 0 Å². The molecule has 0 unspecified atom stereocenters. The molecule has 0 amide bonds. The normalized spacial score (nSPS) is 18.9. The maximum atomic E-state index is 11.9. The Bertz CT molecular complexity index is 620. The summed E-state index contributed by atoms with van der Waals surface area (Å²) >= 11 is 0. The van der Waals surface area contributed by atoms with Crippen molar-refractivity contribution in [1.82, 2.24) is 0 Å². The standard InChI is InChI=1S/C16H14O4/c1-10-3-5-12(6-4-10)7-8-13(17)15-14(18)9-11(2)20-16(15)19/h3-9,15H,1-2H3/b8-7+/t15-/m1/s1. The molecule has 1 heterocycles. The summed E-state index contributed by atoms with van der Waals surface area (Å²) in [6, 6.07) is 7.53. The van der Waals surface area contributed by atoms with Crippen LogP contribution in [0.15, 0.2) is 42.2 Å². The number of hydrogen-bond acceptors (Lipinski definition) is 4. The van der Waals surface area contributed by atoms with Crippen LogP contribution in [0, 0.1) is 12.8 Å².